The molecule has 0 amide bonds. The minimum Gasteiger partial charge on any atom is -0.308 e. The first-order valence-electron chi connectivity index (χ1n) is 2.97. The summed E-state index contributed by atoms with van der Waals surface area (Å²) in [4.78, 5) is 0.132. The quantitative estimate of drug-likeness (QED) is 0.544. The molecule has 0 saturated carbocycles. The monoisotopic (exact) mass is 164 g/mol. The number of alkyl halides is 3. The molecule has 0 aromatic carbocycles. The summed E-state index contributed by atoms with van der Waals surface area (Å²) in [5, 5.41) is 0. The van der Waals surface area contributed by atoms with Crippen LogP contribution in [0.15, 0.2) is 24.4 Å². The van der Waals surface area contributed by atoms with Crippen LogP contribution in [0.5, 0.6) is 0 Å². The first-order valence-corrected chi connectivity index (χ1v) is 2.97. The minimum atomic E-state index is -4.39. The molecule has 0 fully saturated rings. The minimum absolute atomic E-state index is 0.132. The molecule has 1 unspecified atom stereocenters. The highest BCUT2D eigenvalue weighted by Gasteiger charge is 2.38. The molecule has 2 nitrogen and oxygen atoms in total. The maximum atomic E-state index is 12.0. The highest BCUT2D eigenvalue weighted by Crippen LogP contribution is 2.24. The zero-order chi connectivity index (χ0) is 8.48. The van der Waals surface area contributed by atoms with E-state index in [1.807, 2.05) is 0 Å². The van der Waals surface area contributed by atoms with Gasteiger partial charge in [-0.3, -0.25) is 4.90 Å². The second kappa shape index (κ2) is 2.58. The largest absolute Gasteiger partial charge is 0.485 e. The molecular weight excluding hydrogens is 157 g/mol. The molecule has 0 aliphatic carbocycles. The molecule has 1 heterocycles. The Balaban J connectivity index is 2.74. The summed E-state index contributed by atoms with van der Waals surface area (Å²) in [7, 11) is 0. The van der Waals surface area contributed by atoms with E-state index in [0.29, 0.717) is 0 Å². The van der Waals surface area contributed by atoms with Gasteiger partial charge in [0.05, 0.1) is 0 Å². The van der Waals surface area contributed by atoms with Crippen LogP contribution < -0.4 is 5.73 Å². The van der Waals surface area contributed by atoms with E-state index in [4.69, 9.17) is 5.73 Å². The van der Waals surface area contributed by atoms with Gasteiger partial charge in [-0.05, 0) is 12.2 Å². The zero-order valence-corrected chi connectivity index (χ0v) is 5.55. The van der Waals surface area contributed by atoms with E-state index in [1.54, 1.807) is 0 Å². The number of allylic oxidation sites excluding steroid dienone is 2. The molecule has 1 atom stereocenters. The van der Waals surface area contributed by atoms with E-state index < -0.39 is 12.5 Å². The summed E-state index contributed by atoms with van der Waals surface area (Å²) in [6.45, 7) is 0. The molecule has 1 aliphatic heterocycles. The van der Waals surface area contributed by atoms with E-state index >= 15 is 0 Å². The van der Waals surface area contributed by atoms with Crippen molar-refractivity contribution in [3.63, 3.8) is 0 Å². The summed E-state index contributed by atoms with van der Waals surface area (Å²) in [5.41, 5.74) is 5.13. The number of rotatable bonds is 0. The Morgan fingerprint density at radius 3 is 2.27 bits per heavy atom. The average molecular weight is 164 g/mol. The van der Waals surface area contributed by atoms with Crippen LogP contribution in [0, 0.1) is 0 Å². The van der Waals surface area contributed by atoms with Crippen LogP contribution in [0.4, 0.5) is 13.2 Å². The van der Waals surface area contributed by atoms with Crippen molar-refractivity contribution in [1.82, 2.24) is 4.90 Å². The molecule has 62 valence electrons. The van der Waals surface area contributed by atoms with Crippen LogP contribution in [-0.2, 0) is 0 Å². The Morgan fingerprint density at radius 1 is 1.27 bits per heavy atom. The molecule has 1 aliphatic rings. The van der Waals surface area contributed by atoms with Gasteiger partial charge in [0.1, 0.15) is 6.17 Å². The highest BCUT2D eigenvalue weighted by atomic mass is 19.4. The molecule has 5 heteroatoms. The number of nitrogens with zero attached hydrogens (tertiary/aromatic N) is 1. The molecule has 0 saturated heterocycles. The maximum absolute atomic E-state index is 12.0. The third-order valence-electron chi connectivity index (χ3n) is 1.28. The van der Waals surface area contributed by atoms with Gasteiger partial charge in [-0.25, -0.2) is 0 Å². The average Bonchev–Trinajstić information content (AvgIpc) is 1.86. The molecule has 1 rings (SSSR count). The molecular formula is C6H7F3N2. The molecule has 0 bridgehead atoms. The van der Waals surface area contributed by atoms with Gasteiger partial charge in [0.15, 0.2) is 0 Å². The first kappa shape index (κ1) is 8.13. The predicted molar refractivity (Wildman–Crippen MR) is 34.1 cm³/mol. The zero-order valence-electron chi connectivity index (χ0n) is 5.55. The summed E-state index contributed by atoms with van der Waals surface area (Å²) in [6.07, 6.45) is -0.539. The van der Waals surface area contributed by atoms with Crippen molar-refractivity contribution in [1.29, 1.82) is 0 Å². The molecule has 0 aromatic heterocycles. The van der Waals surface area contributed by atoms with Crippen molar-refractivity contribution in [2.45, 2.75) is 12.5 Å². The van der Waals surface area contributed by atoms with E-state index in [2.05, 4.69) is 0 Å². The lowest BCUT2D eigenvalue weighted by Crippen LogP contribution is -2.46. The Bertz CT molecular complexity index is 194. The lowest BCUT2D eigenvalue weighted by atomic mass is 10.3. The second-order valence-electron chi connectivity index (χ2n) is 2.09. The normalized spacial score (nSPS) is 24.4. The summed E-state index contributed by atoms with van der Waals surface area (Å²) < 4.78 is 35.9. The summed E-state index contributed by atoms with van der Waals surface area (Å²) in [6, 6.07) is 0. The van der Waals surface area contributed by atoms with E-state index in [9.17, 15) is 13.2 Å². The topological polar surface area (TPSA) is 29.3 Å². The van der Waals surface area contributed by atoms with Crippen LogP contribution in [0.3, 0.4) is 0 Å². The van der Waals surface area contributed by atoms with Crippen molar-refractivity contribution >= 4 is 0 Å². The molecule has 0 spiro atoms. The molecule has 0 aromatic rings. The Labute approximate surface area is 61.8 Å². The molecule has 11 heavy (non-hydrogen) atoms. The van der Waals surface area contributed by atoms with E-state index in [-0.39, 0.29) is 4.90 Å². The standard InChI is InChI=1S/C6H7F3N2/c7-6(8,9)11-4-2-1-3-5(11)10/h1-5H,10H2. The van der Waals surface area contributed by atoms with Gasteiger partial charge >= 0.3 is 6.30 Å². The lowest BCUT2D eigenvalue weighted by molar-refractivity contribution is -0.235. The third kappa shape index (κ3) is 1.74. The van der Waals surface area contributed by atoms with Gasteiger partial charge < -0.3 is 5.73 Å². The lowest BCUT2D eigenvalue weighted by Gasteiger charge is -2.28. The fraction of sp³-hybridized carbons (Fsp3) is 0.333. The highest BCUT2D eigenvalue weighted by molar-refractivity contribution is 5.12. The van der Waals surface area contributed by atoms with Crippen molar-refractivity contribution < 1.29 is 13.2 Å². The maximum Gasteiger partial charge on any atom is 0.485 e. The van der Waals surface area contributed by atoms with Gasteiger partial charge in [-0.2, -0.15) is 13.2 Å². The third-order valence-corrected chi connectivity index (χ3v) is 1.28. The van der Waals surface area contributed by atoms with Crippen LogP contribution in [0.1, 0.15) is 0 Å². The van der Waals surface area contributed by atoms with E-state index in [1.165, 1.54) is 18.2 Å². The van der Waals surface area contributed by atoms with Crippen LogP contribution in [0.25, 0.3) is 0 Å². The van der Waals surface area contributed by atoms with Gasteiger partial charge in [0.25, 0.3) is 0 Å². The summed E-state index contributed by atoms with van der Waals surface area (Å²) >= 11 is 0. The number of hydrogen-bond acceptors (Lipinski definition) is 2. The smallest absolute Gasteiger partial charge is 0.308 e. The number of hydrogen-bond donors (Lipinski definition) is 1. The van der Waals surface area contributed by atoms with Crippen molar-refractivity contribution in [3.05, 3.63) is 24.4 Å². The first-order chi connectivity index (χ1) is 5.02. The Kier molecular flexibility index (Phi) is 1.90. The fourth-order valence-corrected chi connectivity index (χ4v) is 0.766. The predicted octanol–water partition coefficient (Wildman–Crippen LogP) is 1.18. The van der Waals surface area contributed by atoms with E-state index in [0.717, 1.165) is 6.20 Å². The second-order valence-corrected chi connectivity index (χ2v) is 2.09. The van der Waals surface area contributed by atoms with Gasteiger partial charge in [0.2, 0.25) is 0 Å². The van der Waals surface area contributed by atoms with Crippen LogP contribution in [0.2, 0.25) is 0 Å². The Hall–Kier alpha value is -0.970. The van der Waals surface area contributed by atoms with Gasteiger partial charge in [-0.15, -0.1) is 0 Å². The number of nitrogens with two attached hydrogens (primary N) is 1. The Morgan fingerprint density at radius 2 is 1.91 bits per heavy atom. The molecule has 2 N–H and O–H groups in total. The van der Waals surface area contributed by atoms with Gasteiger partial charge in [-0.1, -0.05) is 6.08 Å². The van der Waals surface area contributed by atoms with Gasteiger partial charge in [0, 0.05) is 6.20 Å². The van der Waals surface area contributed by atoms with Crippen molar-refractivity contribution in [2.75, 3.05) is 0 Å². The number of halogens is 3. The van der Waals surface area contributed by atoms with Crippen LogP contribution >= 0.6 is 0 Å². The fourth-order valence-electron chi connectivity index (χ4n) is 0.766. The molecule has 0 radical (unpaired) electrons. The summed E-state index contributed by atoms with van der Waals surface area (Å²) in [5.74, 6) is 0. The van der Waals surface area contributed by atoms with Crippen LogP contribution in [-0.4, -0.2) is 17.4 Å². The van der Waals surface area contributed by atoms with Crippen molar-refractivity contribution in [2.24, 2.45) is 5.73 Å². The SMILES string of the molecule is NC1C=CC=CN1C(F)(F)F. The van der Waals surface area contributed by atoms with Crippen molar-refractivity contribution in [3.8, 4) is 0 Å².